The van der Waals surface area contributed by atoms with E-state index < -0.39 is 0 Å². The summed E-state index contributed by atoms with van der Waals surface area (Å²) < 4.78 is 0. The van der Waals surface area contributed by atoms with Crippen molar-refractivity contribution < 1.29 is 0 Å². The Hall–Kier alpha value is -1.40. The van der Waals surface area contributed by atoms with Crippen LogP contribution in [0.5, 0.6) is 0 Å². The fraction of sp³-hybridized carbons (Fsp3) is 0.500. The average Bonchev–Trinajstić information content (AvgIpc) is 2.45. The second kappa shape index (κ2) is 7.56. The molecule has 1 fully saturated rings. The van der Waals surface area contributed by atoms with Crippen molar-refractivity contribution in [3.63, 3.8) is 0 Å². The van der Waals surface area contributed by atoms with Crippen LogP contribution >= 0.6 is 23.8 Å². The average molecular weight is 326 g/mol. The molecule has 0 spiro atoms. The first-order valence-corrected chi connectivity index (χ1v) is 7.85. The van der Waals surface area contributed by atoms with Crippen molar-refractivity contribution in [2.24, 2.45) is 0 Å². The molecule has 0 saturated carbocycles. The van der Waals surface area contributed by atoms with Gasteiger partial charge in [0, 0.05) is 25.2 Å². The van der Waals surface area contributed by atoms with Gasteiger partial charge in [0.15, 0.2) is 5.11 Å². The lowest BCUT2D eigenvalue weighted by Gasteiger charge is -2.34. The van der Waals surface area contributed by atoms with Crippen LogP contribution < -0.4 is 15.5 Å². The number of aromatic nitrogens is 2. The maximum absolute atomic E-state index is 6.11. The molecule has 1 aromatic rings. The quantitative estimate of drug-likeness (QED) is 0.504. The molecule has 0 bridgehead atoms. The van der Waals surface area contributed by atoms with E-state index in [0.717, 1.165) is 12.4 Å². The first-order chi connectivity index (χ1) is 10.1. The zero-order valence-electron chi connectivity index (χ0n) is 12.1. The number of thiocarbonyl (C=S) groups is 1. The van der Waals surface area contributed by atoms with Gasteiger partial charge in [-0.2, -0.15) is 4.98 Å². The van der Waals surface area contributed by atoms with Crippen molar-refractivity contribution in [1.29, 1.82) is 0 Å². The number of nitrogens with zero attached hydrogens (tertiary/aromatic N) is 3. The minimum atomic E-state index is 0.409. The maximum atomic E-state index is 6.11. The molecule has 1 saturated heterocycles. The van der Waals surface area contributed by atoms with Crippen LogP contribution in [-0.4, -0.2) is 34.2 Å². The summed E-state index contributed by atoms with van der Waals surface area (Å²) in [4.78, 5) is 11.0. The Morgan fingerprint density at radius 1 is 1.57 bits per heavy atom. The highest BCUT2D eigenvalue weighted by atomic mass is 35.5. The summed E-state index contributed by atoms with van der Waals surface area (Å²) in [5, 5.41) is 6.79. The van der Waals surface area contributed by atoms with Gasteiger partial charge in [0.05, 0.1) is 0 Å². The van der Waals surface area contributed by atoms with E-state index in [1.807, 2.05) is 0 Å². The van der Waals surface area contributed by atoms with E-state index in [2.05, 4.69) is 39.0 Å². The fourth-order valence-electron chi connectivity index (χ4n) is 2.36. The second-order valence-electron chi connectivity index (χ2n) is 5.03. The van der Waals surface area contributed by atoms with E-state index in [4.69, 9.17) is 23.8 Å². The number of halogens is 1. The lowest BCUT2D eigenvalue weighted by atomic mass is 10.0. The van der Waals surface area contributed by atoms with Crippen molar-refractivity contribution in [3.05, 3.63) is 23.9 Å². The Balaban J connectivity index is 2.12. The summed E-state index contributed by atoms with van der Waals surface area (Å²) >= 11 is 11.3. The summed E-state index contributed by atoms with van der Waals surface area (Å²) in [5.41, 5.74) is 0. The summed E-state index contributed by atoms with van der Waals surface area (Å²) in [5.74, 6) is 1.26. The van der Waals surface area contributed by atoms with Gasteiger partial charge >= 0.3 is 0 Å². The Morgan fingerprint density at radius 3 is 3.10 bits per heavy atom. The van der Waals surface area contributed by atoms with Crippen LogP contribution in [0, 0.1) is 0 Å². The van der Waals surface area contributed by atoms with E-state index in [1.165, 1.54) is 19.3 Å². The zero-order valence-corrected chi connectivity index (χ0v) is 13.7. The van der Waals surface area contributed by atoms with Gasteiger partial charge in [0.25, 0.3) is 0 Å². The van der Waals surface area contributed by atoms with Crippen molar-refractivity contribution in [2.75, 3.05) is 23.3 Å². The maximum Gasteiger partial charge on any atom is 0.232 e. The second-order valence-corrected chi connectivity index (χ2v) is 5.83. The number of hydrogen-bond donors (Lipinski definition) is 2. The smallest absolute Gasteiger partial charge is 0.232 e. The first-order valence-electron chi connectivity index (χ1n) is 7.07. The van der Waals surface area contributed by atoms with Crippen molar-refractivity contribution in [1.82, 2.24) is 15.3 Å². The van der Waals surface area contributed by atoms with E-state index in [0.29, 0.717) is 28.8 Å². The minimum Gasteiger partial charge on any atom is -0.359 e. The summed E-state index contributed by atoms with van der Waals surface area (Å²) in [6, 6.07) is 2.26. The standard InChI is InChI=1S/C14H20ClN5S/c1-3-7-16-14(21)19-13-17-11(15)9-12(18-13)20-8-5-4-6-10(20)2/h3,9-10H,1,4-8H2,2H3,(H2,16,17,18,19,21)/t10-/m0/s1. The molecule has 1 aliphatic rings. The van der Waals surface area contributed by atoms with Crippen LogP contribution in [0.2, 0.25) is 5.15 Å². The molecular weight excluding hydrogens is 306 g/mol. The van der Waals surface area contributed by atoms with Gasteiger partial charge in [-0.3, -0.25) is 0 Å². The zero-order chi connectivity index (χ0) is 15.2. The van der Waals surface area contributed by atoms with Gasteiger partial charge in [-0.25, -0.2) is 4.98 Å². The van der Waals surface area contributed by atoms with E-state index in [9.17, 15) is 0 Å². The van der Waals surface area contributed by atoms with E-state index in [-0.39, 0.29) is 0 Å². The summed E-state index contributed by atoms with van der Waals surface area (Å²) in [7, 11) is 0. The van der Waals surface area contributed by atoms with Crippen molar-refractivity contribution >= 4 is 40.7 Å². The Bertz CT molecular complexity index is 522. The third-order valence-corrected chi connectivity index (χ3v) is 3.85. The lowest BCUT2D eigenvalue weighted by Crippen LogP contribution is -2.38. The fourth-order valence-corrected chi connectivity index (χ4v) is 2.71. The molecule has 114 valence electrons. The molecule has 2 rings (SSSR count). The molecule has 2 heterocycles. The number of nitrogens with one attached hydrogen (secondary N) is 2. The number of anilines is 2. The minimum absolute atomic E-state index is 0.409. The molecule has 21 heavy (non-hydrogen) atoms. The van der Waals surface area contributed by atoms with Crippen LogP contribution in [0.3, 0.4) is 0 Å². The van der Waals surface area contributed by atoms with Crippen LogP contribution in [-0.2, 0) is 0 Å². The monoisotopic (exact) mass is 325 g/mol. The van der Waals surface area contributed by atoms with Gasteiger partial charge < -0.3 is 15.5 Å². The summed E-state index contributed by atoms with van der Waals surface area (Å²) in [6.07, 6.45) is 5.34. The normalized spacial score (nSPS) is 18.2. The van der Waals surface area contributed by atoms with Gasteiger partial charge in [-0.15, -0.1) is 6.58 Å². The molecule has 5 nitrogen and oxygen atoms in total. The largest absolute Gasteiger partial charge is 0.359 e. The van der Waals surface area contributed by atoms with E-state index in [1.54, 1.807) is 12.1 Å². The van der Waals surface area contributed by atoms with Crippen molar-refractivity contribution in [2.45, 2.75) is 32.2 Å². The van der Waals surface area contributed by atoms with Crippen LogP contribution in [0.25, 0.3) is 0 Å². The molecule has 0 aromatic carbocycles. The molecule has 0 aliphatic carbocycles. The van der Waals surface area contributed by atoms with E-state index >= 15 is 0 Å². The third kappa shape index (κ3) is 4.54. The molecule has 0 unspecified atom stereocenters. The third-order valence-electron chi connectivity index (χ3n) is 3.41. The summed E-state index contributed by atoms with van der Waals surface area (Å²) in [6.45, 7) is 7.41. The highest BCUT2D eigenvalue weighted by Gasteiger charge is 2.20. The SMILES string of the molecule is C=CCNC(=S)Nc1nc(Cl)cc(N2CCCC[C@@H]2C)n1. The predicted molar refractivity (Wildman–Crippen MR) is 92.1 cm³/mol. The molecular formula is C14H20ClN5S. The molecule has 2 N–H and O–H groups in total. The highest BCUT2D eigenvalue weighted by molar-refractivity contribution is 7.80. The topological polar surface area (TPSA) is 53.1 Å². The number of rotatable bonds is 4. The van der Waals surface area contributed by atoms with Gasteiger partial charge in [-0.1, -0.05) is 17.7 Å². The molecule has 1 aliphatic heterocycles. The van der Waals surface area contributed by atoms with Gasteiger partial charge in [0.2, 0.25) is 5.95 Å². The Labute approximate surface area is 135 Å². The van der Waals surface area contributed by atoms with Gasteiger partial charge in [-0.05, 0) is 38.4 Å². The molecule has 0 amide bonds. The number of piperidine rings is 1. The highest BCUT2D eigenvalue weighted by Crippen LogP contribution is 2.25. The first kappa shape index (κ1) is 16.0. The number of hydrogen-bond acceptors (Lipinski definition) is 4. The predicted octanol–water partition coefficient (Wildman–Crippen LogP) is 2.98. The lowest BCUT2D eigenvalue weighted by molar-refractivity contribution is 0.481. The molecule has 7 heteroatoms. The molecule has 0 radical (unpaired) electrons. The Morgan fingerprint density at radius 2 is 2.38 bits per heavy atom. The van der Waals surface area contributed by atoms with Gasteiger partial charge in [0.1, 0.15) is 11.0 Å². The van der Waals surface area contributed by atoms with Crippen molar-refractivity contribution in [3.8, 4) is 0 Å². The van der Waals surface area contributed by atoms with Crippen LogP contribution in [0.15, 0.2) is 18.7 Å². The Kier molecular flexibility index (Phi) is 5.76. The molecule has 1 atom stereocenters. The van der Waals surface area contributed by atoms with Crippen LogP contribution in [0.1, 0.15) is 26.2 Å². The van der Waals surface area contributed by atoms with Crippen LogP contribution in [0.4, 0.5) is 11.8 Å². The molecule has 1 aromatic heterocycles.